The lowest BCUT2D eigenvalue weighted by molar-refractivity contribution is -0.183. The second-order valence-corrected chi connectivity index (χ2v) is 4.48. The summed E-state index contributed by atoms with van der Waals surface area (Å²) in [6.45, 7) is -0.185. The molecule has 0 radical (unpaired) electrons. The number of hydrogen-bond acceptors (Lipinski definition) is 2. The highest BCUT2D eigenvalue weighted by atomic mass is 35.5. The molecule has 1 heterocycles. The van der Waals surface area contributed by atoms with Gasteiger partial charge >= 0.3 is 6.18 Å². The van der Waals surface area contributed by atoms with Crippen LogP contribution in [0.5, 0.6) is 0 Å². The number of likely N-dealkylation sites (tertiary alicyclic amines) is 1. The summed E-state index contributed by atoms with van der Waals surface area (Å²) in [4.78, 5) is 12.7. The van der Waals surface area contributed by atoms with Crippen LogP contribution >= 0.6 is 11.6 Å². The highest BCUT2D eigenvalue weighted by Gasteiger charge is 2.50. The van der Waals surface area contributed by atoms with E-state index < -0.39 is 18.0 Å². The minimum Gasteiger partial charge on any atom is -0.384 e. The molecule has 0 N–H and O–H groups in total. The van der Waals surface area contributed by atoms with Crippen LogP contribution in [-0.2, 0) is 9.53 Å². The number of ether oxygens (including phenoxy) is 1. The van der Waals surface area contributed by atoms with E-state index >= 15 is 0 Å². The molecule has 0 aliphatic carbocycles. The predicted molar refractivity (Wildman–Crippen MR) is 56.8 cm³/mol. The summed E-state index contributed by atoms with van der Waals surface area (Å²) in [7, 11) is 1.36. The molecule has 1 rings (SSSR count). The maximum absolute atomic E-state index is 12.7. The fraction of sp³-hybridized carbons (Fsp3) is 0.900. The number of halogens is 4. The van der Waals surface area contributed by atoms with E-state index in [4.69, 9.17) is 16.3 Å². The topological polar surface area (TPSA) is 29.5 Å². The van der Waals surface area contributed by atoms with Gasteiger partial charge in [-0.2, -0.15) is 13.2 Å². The van der Waals surface area contributed by atoms with Gasteiger partial charge in [0.15, 0.2) is 0 Å². The summed E-state index contributed by atoms with van der Waals surface area (Å²) in [5.74, 6) is -2.38. The SMILES string of the molecule is COC[C@@H]1CN(C(=O)CCCl)C[C@H]1C(F)(F)F. The van der Waals surface area contributed by atoms with E-state index in [-0.39, 0.29) is 37.9 Å². The predicted octanol–water partition coefficient (Wildman–Crippen LogP) is 1.90. The van der Waals surface area contributed by atoms with Crippen LogP contribution in [0.1, 0.15) is 6.42 Å². The van der Waals surface area contributed by atoms with Crippen molar-refractivity contribution in [3.63, 3.8) is 0 Å². The van der Waals surface area contributed by atoms with Crippen molar-refractivity contribution in [3.8, 4) is 0 Å². The third-order valence-corrected chi connectivity index (χ3v) is 3.09. The van der Waals surface area contributed by atoms with E-state index in [9.17, 15) is 18.0 Å². The van der Waals surface area contributed by atoms with Gasteiger partial charge < -0.3 is 9.64 Å². The van der Waals surface area contributed by atoms with E-state index in [2.05, 4.69) is 0 Å². The molecule has 0 saturated carbocycles. The lowest BCUT2D eigenvalue weighted by atomic mass is 9.96. The average molecular weight is 274 g/mol. The first-order valence-corrected chi connectivity index (χ1v) is 5.83. The Bertz CT molecular complexity index is 273. The molecule has 1 saturated heterocycles. The summed E-state index contributed by atoms with van der Waals surface area (Å²) in [5, 5.41) is 0. The molecule has 2 atom stereocenters. The molecule has 3 nitrogen and oxygen atoms in total. The molecule has 0 aromatic rings. The van der Waals surface area contributed by atoms with Gasteiger partial charge in [-0.25, -0.2) is 0 Å². The molecule has 1 amide bonds. The maximum atomic E-state index is 12.7. The van der Waals surface area contributed by atoms with Gasteiger partial charge in [0.25, 0.3) is 0 Å². The summed E-state index contributed by atoms with van der Waals surface area (Å²) in [6, 6.07) is 0. The van der Waals surface area contributed by atoms with Crippen LogP contribution in [0.25, 0.3) is 0 Å². The number of nitrogens with zero attached hydrogens (tertiary/aromatic N) is 1. The summed E-state index contributed by atoms with van der Waals surface area (Å²) in [5.41, 5.74) is 0. The minimum absolute atomic E-state index is 0.00876. The second kappa shape index (κ2) is 5.91. The number of amides is 1. The number of hydrogen-bond donors (Lipinski definition) is 0. The fourth-order valence-electron chi connectivity index (χ4n) is 2.07. The molecule has 0 unspecified atom stereocenters. The molecular formula is C10H15ClF3NO2. The number of rotatable bonds is 4. The van der Waals surface area contributed by atoms with Crippen LogP contribution in [-0.4, -0.2) is 49.7 Å². The third kappa shape index (κ3) is 3.74. The third-order valence-electron chi connectivity index (χ3n) is 2.90. The van der Waals surface area contributed by atoms with E-state index in [0.29, 0.717) is 0 Å². The molecule has 0 aromatic carbocycles. The van der Waals surface area contributed by atoms with Crippen LogP contribution in [0.15, 0.2) is 0 Å². The number of alkyl halides is 4. The first-order valence-electron chi connectivity index (χ1n) is 5.29. The van der Waals surface area contributed by atoms with Gasteiger partial charge in [-0.05, 0) is 0 Å². The monoisotopic (exact) mass is 273 g/mol. The summed E-state index contributed by atoms with van der Waals surface area (Å²) < 4.78 is 43.0. The first kappa shape index (κ1) is 14.6. The summed E-state index contributed by atoms with van der Waals surface area (Å²) >= 11 is 5.40. The van der Waals surface area contributed by atoms with Gasteiger partial charge in [0.05, 0.1) is 12.5 Å². The molecule has 1 aliphatic rings. The molecule has 100 valence electrons. The molecule has 1 aliphatic heterocycles. The van der Waals surface area contributed by atoms with Crippen LogP contribution in [0.4, 0.5) is 13.2 Å². The zero-order valence-electron chi connectivity index (χ0n) is 9.47. The zero-order chi connectivity index (χ0) is 13.1. The maximum Gasteiger partial charge on any atom is 0.393 e. The standard InChI is InChI=1S/C10H15ClF3NO2/c1-17-6-7-4-15(9(16)2-3-11)5-8(7)10(12,13)14/h7-8H,2-6H2,1H3/t7-,8+/m0/s1. The summed E-state index contributed by atoms with van der Waals surface area (Å²) in [6.07, 6.45) is -4.22. The van der Waals surface area contributed by atoms with Crippen molar-refractivity contribution < 1.29 is 22.7 Å². The second-order valence-electron chi connectivity index (χ2n) is 4.10. The molecule has 1 fully saturated rings. The number of methoxy groups -OCH3 is 1. The molecule has 0 bridgehead atoms. The lowest BCUT2D eigenvalue weighted by Gasteiger charge is -2.19. The van der Waals surface area contributed by atoms with Crippen molar-refractivity contribution in [2.75, 3.05) is 32.7 Å². The lowest BCUT2D eigenvalue weighted by Crippen LogP contribution is -2.33. The van der Waals surface area contributed by atoms with Crippen molar-refractivity contribution in [2.45, 2.75) is 12.6 Å². The fourth-order valence-corrected chi connectivity index (χ4v) is 2.23. The van der Waals surface area contributed by atoms with E-state index in [1.54, 1.807) is 0 Å². The quantitative estimate of drug-likeness (QED) is 0.732. The first-order chi connectivity index (χ1) is 7.90. The smallest absolute Gasteiger partial charge is 0.384 e. The van der Waals surface area contributed by atoms with E-state index in [1.165, 1.54) is 12.0 Å². The normalized spacial score (nSPS) is 25.4. The Morgan fingerprint density at radius 1 is 1.47 bits per heavy atom. The van der Waals surface area contributed by atoms with Gasteiger partial charge in [0, 0.05) is 38.4 Å². The molecule has 17 heavy (non-hydrogen) atoms. The van der Waals surface area contributed by atoms with E-state index in [1.807, 2.05) is 0 Å². The Kier molecular flexibility index (Phi) is 5.06. The van der Waals surface area contributed by atoms with Crippen molar-refractivity contribution in [3.05, 3.63) is 0 Å². The van der Waals surface area contributed by atoms with Gasteiger partial charge in [0.2, 0.25) is 5.91 Å². The van der Waals surface area contributed by atoms with Gasteiger partial charge in [-0.15, -0.1) is 11.6 Å². The van der Waals surface area contributed by atoms with Crippen molar-refractivity contribution in [1.29, 1.82) is 0 Å². The zero-order valence-corrected chi connectivity index (χ0v) is 10.2. The minimum atomic E-state index is -4.29. The molecule has 0 aromatic heterocycles. The number of carbonyl (C=O) groups is 1. The van der Waals surface area contributed by atoms with Crippen LogP contribution in [0.2, 0.25) is 0 Å². The van der Waals surface area contributed by atoms with E-state index in [0.717, 1.165) is 0 Å². The Balaban J connectivity index is 2.68. The van der Waals surface area contributed by atoms with Gasteiger partial charge in [0.1, 0.15) is 0 Å². The largest absolute Gasteiger partial charge is 0.393 e. The Hall–Kier alpha value is -0.490. The Morgan fingerprint density at radius 3 is 2.59 bits per heavy atom. The van der Waals surface area contributed by atoms with Gasteiger partial charge in [-0.1, -0.05) is 0 Å². The van der Waals surface area contributed by atoms with Crippen molar-refractivity contribution >= 4 is 17.5 Å². The van der Waals surface area contributed by atoms with Crippen LogP contribution in [0, 0.1) is 11.8 Å². The van der Waals surface area contributed by atoms with Crippen LogP contribution < -0.4 is 0 Å². The van der Waals surface area contributed by atoms with Crippen LogP contribution in [0.3, 0.4) is 0 Å². The highest BCUT2D eigenvalue weighted by molar-refractivity contribution is 6.18. The van der Waals surface area contributed by atoms with Crippen molar-refractivity contribution in [1.82, 2.24) is 4.90 Å². The molecule has 0 spiro atoms. The molecular weight excluding hydrogens is 259 g/mol. The highest BCUT2D eigenvalue weighted by Crippen LogP contribution is 2.37. The Labute approximate surface area is 103 Å². The average Bonchev–Trinajstić information content (AvgIpc) is 2.62. The Morgan fingerprint density at radius 2 is 2.12 bits per heavy atom. The van der Waals surface area contributed by atoms with Crippen molar-refractivity contribution in [2.24, 2.45) is 11.8 Å². The number of carbonyl (C=O) groups excluding carboxylic acids is 1. The molecule has 7 heteroatoms. The van der Waals surface area contributed by atoms with Gasteiger partial charge in [-0.3, -0.25) is 4.79 Å².